The molecule has 0 saturated carbocycles. The lowest BCUT2D eigenvalue weighted by Gasteiger charge is -2.13. The normalized spacial score (nSPS) is 12.1. The molecule has 1 aromatic carbocycles. The minimum Gasteiger partial charge on any atom is -0.360 e. The average Bonchev–Trinajstić information content (AvgIpc) is 3.20. The quantitative estimate of drug-likeness (QED) is 0.616. The second-order valence-electron chi connectivity index (χ2n) is 5.71. The summed E-state index contributed by atoms with van der Waals surface area (Å²) in [6, 6.07) is 11.3. The van der Waals surface area contributed by atoms with Crippen molar-refractivity contribution in [2.45, 2.75) is 37.2 Å². The fraction of sp³-hybridized carbons (Fsp3) is 0.294. The molecule has 3 rings (SSSR count). The zero-order chi connectivity index (χ0) is 18.5. The lowest BCUT2D eigenvalue weighted by atomic mass is 10.2. The first-order valence-corrected chi connectivity index (χ1v) is 9.04. The van der Waals surface area contributed by atoms with Gasteiger partial charge >= 0.3 is 5.69 Å². The number of anilines is 1. The molecule has 1 atom stereocenters. The van der Waals surface area contributed by atoms with Crippen molar-refractivity contribution in [3.05, 3.63) is 58.2 Å². The first-order chi connectivity index (χ1) is 12.6. The van der Waals surface area contributed by atoms with Crippen molar-refractivity contribution in [2.24, 2.45) is 0 Å². The van der Waals surface area contributed by atoms with Gasteiger partial charge in [0.2, 0.25) is 5.91 Å². The molecule has 3 aromatic rings. The van der Waals surface area contributed by atoms with Gasteiger partial charge in [0.1, 0.15) is 5.76 Å². The van der Waals surface area contributed by atoms with Crippen molar-refractivity contribution < 1.29 is 9.32 Å². The Labute approximate surface area is 154 Å². The first-order valence-electron chi connectivity index (χ1n) is 8.16. The Kier molecular flexibility index (Phi) is 5.57. The highest BCUT2D eigenvalue weighted by Gasteiger charge is 2.22. The Hall–Kier alpha value is -2.81. The third-order valence-corrected chi connectivity index (χ3v) is 5.05. The van der Waals surface area contributed by atoms with Crippen LogP contribution < -0.4 is 11.0 Å². The van der Waals surface area contributed by atoms with E-state index in [2.05, 4.69) is 20.7 Å². The van der Waals surface area contributed by atoms with Gasteiger partial charge in [-0.2, -0.15) is 0 Å². The number of rotatable bonds is 7. The molecule has 0 spiro atoms. The molecule has 0 radical (unpaired) electrons. The van der Waals surface area contributed by atoms with Crippen LogP contribution in [0.2, 0.25) is 0 Å². The summed E-state index contributed by atoms with van der Waals surface area (Å²) in [7, 11) is 0. The molecular formula is C17H19N5O3S. The maximum Gasteiger partial charge on any atom is 0.344 e. The van der Waals surface area contributed by atoms with E-state index in [9.17, 15) is 9.59 Å². The molecule has 0 aliphatic rings. The number of carbonyl (C=O) groups is 1. The van der Waals surface area contributed by atoms with Crippen LogP contribution in [0.25, 0.3) is 0 Å². The third-order valence-electron chi connectivity index (χ3n) is 3.70. The summed E-state index contributed by atoms with van der Waals surface area (Å²) in [5.41, 5.74) is 0.673. The van der Waals surface area contributed by atoms with E-state index in [1.807, 2.05) is 37.3 Å². The molecule has 2 N–H and O–H groups in total. The Morgan fingerprint density at radius 3 is 2.81 bits per heavy atom. The summed E-state index contributed by atoms with van der Waals surface area (Å²) in [5.74, 6) is 0.771. The molecular weight excluding hydrogens is 354 g/mol. The molecule has 9 heteroatoms. The third kappa shape index (κ3) is 4.23. The number of aromatic amines is 1. The highest BCUT2D eigenvalue weighted by Crippen LogP contribution is 2.24. The molecule has 0 aliphatic carbocycles. The number of hydrogen-bond acceptors (Lipinski definition) is 6. The van der Waals surface area contributed by atoms with Gasteiger partial charge in [-0.05, 0) is 18.9 Å². The van der Waals surface area contributed by atoms with Crippen molar-refractivity contribution in [3.8, 4) is 0 Å². The lowest BCUT2D eigenvalue weighted by Crippen LogP contribution is -2.26. The Morgan fingerprint density at radius 1 is 1.38 bits per heavy atom. The van der Waals surface area contributed by atoms with E-state index < -0.39 is 5.25 Å². The molecule has 136 valence electrons. The van der Waals surface area contributed by atoms with Crippen molar-refractivity contribution in [1.29, 1.82) is 0 Å². The summed E-state index contributed by atoms with van der Waals surface area (Å²) in [6.45, 7) is 4.04. The predicted molar refractivity (Wildman–Crippen MR) is 98.2 cm³/mol. The van der Waals surface area contributed by atoms with Gasteiger partial charge in [0.05, 0.1) is 11.8 Å². The second kappa shape index (κ2) is 8.05. The fourth-order valence-corrected chi connectivity index (χ4v) is 3.34. The van der Waals surface area contributed by atoms with E-state index >= 15 is 0 Å². The van der Waals surface area contributed by atoms with Crippen LogP contribution in [0.3, 0.4) is 0 Å². The second-order valence-corrected chi connectivity index (χ2v) is 6.88. The fourth-order valence-electron chi connectivity index (χ4n) is 2.38. The minimum atomic E-state index is -0.420. The van der Waals surface area contributed by atoms with Crippen LogP contribution in [-0.4, -0.2) is 31.1 Å². The predicted octanol–water partition coefficient (Wildman–Crippen LogP) is 2.43. The van der Waals surface area contributed by atoms with Gasteiger partial charge in [0, 0.05) is 6.07 Å². The number of benzene rings is 1. The molecule has 0 saturated heterocycles. The number of carbonyl (C=O) groups excluding carboxylic acids is 1. The van der Waals surface area contributed by atoms with Crippen molar-refractivity contribution in [1.82, 2.24) is 19.9 Å². The van der Waals surface area contributed by atoms with E-state index in [4.69, 9.17) is 4.52 Å². The van der Waals surface area contributed by atoms with Gasteiger partial charge in [0.25, 0.3) is 0 Å². The zero-order valence-corrected chi connectivity index (χ0v) is 15.2. The molecule has 0 aliphatic heterocycles. The number of hydrogen-bond donors (Lipinski definition) is 2. The number of aromatic nitrogens is 4. The van der Waals surface area contributed by atoms with Crippen LogP contribution in [0.4, 0.5) is 5.82 Å². The number of thioether (sulfide) groups is 1. The smallest absolute Gasteiger partial charge is 0.344 e. The summed E-state index contributed by atoms with van der Waals surface area (Å²) >= 11 is 1.24. The number of nitrogens with one attached hydrogen (secondary N) is 2. The molecule has 2 aromatic heterocycles. The monoisotopic (exact) mass is 373 g/mol. The first kappa shape index (κ1) is 18.0. The summed E-state index contributed by atoms with van der Waals surface area (Å²) in [5, 5.41) is 13.1. The Balaban J connectivity index is 1.74. The van der Waals surface area contributed by atoms with E-state index in [0.29, 0.717) is 29.7 Å². The molecule has 1 amide bonds. The highest BCUT2D eigenvalue weighted by molar-refractivity contribution is 8.00. The molecule has 0 bridgehead atoms. The van der Waals surface area contributed by atoms with Crippen LogP contribution in [0.5, 0.6) is 0 Å². The molecule has 0 fully saturated rings. The number of nitrogens with zero attached hydrogens (tertiary/aromatic N) is 3. The lowest BCUT2D eigenvalue weighted by molar-refractivity contribution is -0.115. The topological polar surface area (TPSA) is 106 Å². The standard InChI is InChI=1S/C17H19N5O3S/c1-3-13(15(23)18-14-9-11(2)25-21-14)26-17-20-19-16(24)22(17)10-12-7-5-4-6-8-12/h4-9,13H,3,10H2,1-2H3,(H,19,24)(H,18,21,23)/t13-/m1/s1. The SMILES string of the molecule is CC[C@@H](Sc1n[nH]c(=O)n1Cc1ccccc1)C(=O)Nc1cc(C)on1. The van der Waals surface area contributed by atoms with Crippen molar-refractivity contribution in [3.63, 3.8) is 0 Å². The molecule has 2 heterocycles. The summed E-state index contributed by atoms with van der Waals surface area (Å²) in [4.78, 5) is 24.6. The van der Waals surface area contributed by atoms with Gasteiger partial charge in [-0.25, -0.2) is 9.89 Å². The molecule has 8 nitrogen and oxygen atoms in total. The van der Waals surface area contributed by atoms with Gasteiger partial charge < -0.3 is 9.84 Å². The van der Waals surface area contributed by atoms with Gasteiger partial charge in [-0.1, -0.05) is 54.2 Å². The van der Waals surface area contributed by atoms with Crippen LogP contribution in [0.15, 0.2) is 50.9 Å². The highest BCUT2D eigenvalue weighted by atomic mass is 32.2. The van der Waals surface area contributed by atoms with Gasteiger partial charge in [0.15, 0.2) is 11.0 Å². The van der Waals surface area contributed by atoms with Crippen molar-refractivity contribution >= 4 is 23.5 Å². The van der Waals surface area contributed by atoms with Crippen molar-refractivity contribution in [2.75, 3.05) is 5.32 Å². The maximum absolute atomic E-state index is 12.5. The van der Waals surface area contributed by atoms with Crippen LogP contribution in [-0.2, 0) is 11.3 Å². The van der Waals surface area contributed by atoms with Crippen LogP contribution in [0, 0.1) is 6.92 Å². The Bertz CT molecular complexity index is 931. The summed E-state index contributed by atoms with van der Waals surface area (Å²) in [6.07, 6.45) is 0.569. The average molecular weight is 373 g/mol. The zero-order valence-electron chi connectivity index (χ0n) is 14.4. The van der Waals surface area contributed by atoms with E-state index in [-0.39, 0.29) is 11.6 Å². The largest absolute Gasteiger partial charge is 0.360 e. The van der Waals surface area contributed by atoms with E-state index in [1.54, 1.807) is 13.0 Å². The maximum atomic E-state index is 12.5. The number of amides is 1. The van der Waals surface area contributed by atoms with Crippen LogP contribution in [0.1, 0.15) is 24.7 Å². The van der Waals surface area contributed by atoms with Gasteiger partial charge in [-0.15, -0.1) is 5.10 Å². The molecule has 0 unspecified atom stereocenters. The summed E-state index contributed by atoms with van der Waals surface area (Å²) < 4.78 is 6.48. The minimum absolute atomic E-state index is 0.215. The van der Waals surface area contributed by atoms with E-state index in [0.717, 1.165) is 5.56 Å². The number of H-pyrrole nitrogens is 1. The molecule has 26 heavy (non-hydrogen) atoms. The van der Waals surface area contributed by atoms with Gasteiger partial charge in [-0.3, -0.25) is 9.36 Å². The van der Waals surface area contributed by atoms with Crippen LogP contribution >= 0.6 is 11.8 Å². The Morgan fingerprint density at radius 2 is 2.15 bits per heavy atom. The van der Waals surface area contributed by atoms with E-state index in [1.165, 1.54) is 16.3 Å². The number of aryl methyl sites for hydroxylation is 1.